The highest BCUT2D eigenvalue weighted by Crippen LogP contribution is 2.34. The number of hydrogen-bond donors (Lipinski definition) is 1. The summed E-state index contributed by atoms with van der Waals surface area (Å²) in [6.45, 7) is 13.3. The lowest BCUT2D eigenvalue weighted by Gasteiger charge is -2.34. The Kier molecular flexibility index (Phi) is 3.19. The molecular weight excluding hydrogens is 133 g/mol. The predicted molar refractivity (Wildman–Crippen MR) is 54.3 cm³/mol. The van der Waals surface area contributed by atoms with Gasteiger partial charge in [0, 0.05) is 0 Å². The molecule has 0 aromatic rings. The zero-order chi connectivity index (χ0) is 9.28. The summed E-state index contributed by atoms with van der Waals surface area (Å²) in [4.78, 5) is 0. The molecule has 0 spiro atoms. The van der Waals surface area contributed by atoms with E-state index < -0.39 is 0 Å². The van der Waals surface area contributed by atoms with Crippen LogP contribution >= 0.6 is 0 Å². The lowest BCUT2D eigenvalue weighted by atomic mass is 9.41. The monoisotopic (exact) mass is 155 g/mol. The molecule has 0 saturated heterocycles. The minimum Gasteiger partial charge on any atom is -0.333 e. The Balaban J connectivity index is 4.13. The third kappa shape index (κ3) is 4.46. The van der Waals surface area contributed by atoms with Gasteiger partial charge in [0.05, 0.1) is 0 Å². The zero-order valence-corrected chi connectivity index (χ0v) is 8.86. The van der Waals surface area contributed by atoms with Gasteiger partial charge in [0.15, 0.2) is 7.28 Å². The van der Waals surface area contributed by atoms with Crippen molar-refractivity contribution in [2.45, 2.75) is 52.3 Å². The van der Waals surface area contributed by atoms with Crippen LogP contribution in [0.4, 0.5) is 0 Å². The lowest BCUT2D eigenvalue weighted by molar-refractivity contribution is 0.459. The predicted octanol–water partition coefficient (Wildman–Crippen LogP) is 1.97. The molecular formula is C9H22BN. The molecule has 0 radical (unpaired) electrons. The van der Waals surface area contributed by atoms with E-state index >= 15 is 0 Å². The molecule has 0 saturated carbocycles. The van der Waals surface area contributed by atoms with Crippen LogP contribution in [-0.2, 0) is 0 Å². The second kappa shape index (κ2) is 3.18. The summed E-state index contributed by atoms with van der Waals surface area (Å²) in [6, 6.07) is 0. The highest BCUT2D eigenvalue weighted by molar-refractivity contribution is 6.43. The molecule has 0 fully saturated rings. The van der Waals surface area contributed by atoms with Crippen molar-refractivity contribution in [3.05, 3.63) is 0 Å². The SMILES string of the molecule is CC(C)C(C)(C)BC(C)(C)N. The molecule has 0 amide bonds. The summed E-state index contributed by atoms with van der Waals surface area (Å²) in [5.74, 6) is 0.699. The van der Waals surface area contributed by atoms with Gasteiger partial charge in [-0.05, 0) is 11.4 Å². The van der Waals surface area contributed by atoms with Gasteiger partial charge in [-0.3, -0.25) is 0 Å². The Hall–Kier alpha value is 0.0249. The second-order valence-corrected chi connectivity index (χ2v) is 5.31. The third-order valence-corrected chi connectivity index (χ3v) is 2.47. The molecule has 11 heavy (non-hydrogen) atoms. The van der Waals surface area contributed by atoms with Gasteiger partial charge in [-0.1, -0.05) is 46.9 Å². The topological polar surface area (TPSA) is 26.0 Å². The first-order valence-electron chi connectivity index (χ1n) is 4.44. The first kappa shape index (κ1) is 11.0. The summed E-state index contributed by atoms with van der Waals surface area (Å²) in [5, 5.41) is 0.359. The molecule has 0 aliphatic carbocycles. The highest BCUT2D eigenvalue weighted by Gasteiger charge is 2.30. The van der Waals surface area contributed by atoms with Crippen molar-refractivity contribution in [2.75, 3.05) is 0 Å². The Morgan fingerprint density at radius 2 is 1.45 bits per heavy atom. The average Bonchev–Trinajstić information content (AvgIpc) is 1.56. The van der Waals surface area contributed by atoms with Crippen LogP contribution in [0.5, 0.6) is 0 Å². The summed E-state index contributed by atoms with van der Waals surface area (Å²) in [6.07, 6.45) is 0. The van der Waals surface area contributed by atoms with Crippen molar-refractivity contribution in [1.82, 2.24) is 0 Å². The molecule has 0 aromatic heterocycles. The molecule has 1 nitrogen and oxygen atoms in total. The first-order chi connectivity index (χ1) is 4.65. The van der Waals surface area contributed by atoms with E-state index in [0.717, 1.165) is 7.28 Å². The van der Waals surface area contributed by atoms with Gasteiger partial charge in [0.2, 0.25) is 0 Å². The van der Waals surface area contributed by atoms with E-state index in [1.807, 2.05) is 0 Å². The van der Waals surface area contributed by atoms with E-state index in [0.29, 0.717) is 11.2 Å². The van der Waals surface area contributed by atoms with Crippen LogP contribution in [0.2, 0.25) is 5.31 Å². The van der Waals surface area contributed by atoms with Gasteiger partial charge in [-0.2, -0.15) is 0 Å². The smallest absolute Gasteiger partial charge is 0.151 e. The van der Waals surface area contributed by atoms with Gasteiger partial charge in [-0.25, -0.2) is 0 Å². The largest absolute Gasteiger partial charge is 0.333 e. The molecule has 0 atom stereocenters. The first-order valence-corrected chi connectivity index (χ1v) is 4.44. The fraction of sp³-hybridized carbons (Fsp3) is 1.00. The van der Waals surface area contributed by atoms with Crippen LogP contribution in [0.1, 0.15) is 41.5 Å². The Bertz CT molecular complexity index is 122. The summed E-state index contributed by atoms with van der Waals surface area (Å²) < 4.78 is 0. The molecule has 2 heteroatoms. The van der Waals surface area contributed by atoms with E-state index in [1.54, 1.807) is 0 Å². The van der Waals surface area contributed by atoms with Crippen LogP contribution in [0.3, 0.4) is 0 Å². The molecule has 0 aliphatic heterocycles. The molecule has 0 rings (SSSR count). The second-order valence-electron chi connectivity index (χ2n) is 5.31. The molecule has 0 aromatic carbocycles. The summed E-state index contributed by atoms with van der Waals surface area (Å²) >= 11 is 0. The molecule has 0 unspecified atom stereocenters. The zero-order valence-electron chi connectivity index (χ0n) is 8.86. The normalized spacial score (nSPS) is 13.8. The van der Waals surface area contributed by atoms with E-state index in [-0.39, 0.29) is 5.44 Å². The number of nitrogens with two attached hydrogens (primary N) is 1. The molecule has 66 valence electrons. The number of rotatable bonds is 3. The highest BCUT2D eigenvalue weighted by atomic mass is 14.7. The maximum absolute atomic E-state index is 5.96. The van der Waals surface area contributed by atoms with Crippen LogP contribution in [0.25, 0.3) is 0 Å². The minimum atomic E-state index is -0.0340. The fourth-order valence-corrected chi connectivity index (χ4v) is 1.38. The van der Waals surface area contributed by atoms with Crippen molar-refractivity contribution in [2.24, 2.45) is 11.7 Å². The maximum atomic E-state index is 5.96. The Morgan fingerprint density at radius 3 is 1.55 bits per heavy atom. The van der Waals surface area contributed by atoms with Gasteiger partial charge in [0.25, 0.3) is 0 Å². The van der Waals surface area contributed by atoms with Crippen molar-refractivity contribution < 1.29 is 0 Å². The Morgan fingerprint density at radius 1 is 1.09 bits per heavy atom. The van der Waals surface area contributed by atoms with Crippen LogP contribution in [-0.4, -0.2) is 12.7 Å². The minimum absolute atomic E-state index is 0.0340. The van der Waals surface area contributed by atoms with Crippen LogP contribution in [0, 0.1) is 5.92 Å². The quantitative estimate of drug-likeness (QED) is 0.619. The standard InChI is InChI=1S/C9H22BN/c1-7(2)8(3,4)10-9(5,6)11/h7,10H,11H2,1-6H3. The van der Waals surface area contributed by atoms with Gasteiger partial charge in [-0.15, -0.1) is 0 Å². The molecule has 0 heterocycles. The molecule has 2 N–H and O–H groups in total. The molecule has 0 bridgehead atoms. The van der Waals surface area contributed by atoms with Gasteiger partial charge in [0.1, 0.15) is 0 Å². The fourth-order valence-electron chi connectivity index (χ4n) is 1.38. The van der Waals surface area contributed by atoms with E-state index in [9.17, 15) is 0 Å². The van der Waals surface area contributed by atoms with Gasteiger partial charge < -0.3 is 5.73 Å². The summed E-state index contributed by atoms with van der Waals surface area (Å²) in [7, 11) is 1.08. The van der Waals surface area contributed by atoms with E-state index in [4.69, 9.17) is 5.73 Å². The van der Waals surface area contributed by atoms with Crippen LogP contribution < -0.4 is 5.73 Å². The number of hydrogen-bond acceptors (Lipinski definition) is 1. The summed E-state index contributed by atoms with van der Waals surface area (Å²) in [5.41, 5.74) is 5.93. The maximum Gasteiger partial charge on any atom is 0.151 e. The lowest BCUT2D eigenvalue weighted by Crippen LogP contribution is -2.45. The van der Waals surface area contributed by atoms with Crippen molar-refractivity contribution in [3.63, 3.8) is 0 Å². The van der Waals surface area contributed by atoms with Crippen molar-refractivity contribution in [3.8, 4) is 0 Å². The third-order valence-electron chi connectivity index (χ3n) is 2.47. The van der Waals surface area contributed by atoms with Crippen molar-refractivity contribution >= 4 is 7.28 Å². The van der Waals surface area contributed by atoms with Crippen LogP contribution in [0.15, 0.2) is 0 Å². The Labute approximate surface area is 72.0 Å². The van der Waals surface area contributed by atoms with Gasteiger partial charge >= 0.3 is 0 Å². The average molecular weight is 155 g/mol. The van der Waals surface area contributed by atoms with Crippen molar-refractivity contribution in [1.29, 1.82) is 0 Å². The van der Waals surface area contributed by atoms with E-state index in [1.165, 1.54) is 0 Å². The van der Waals surface area contributed by atoms with E-state index in [2.05, 4.69) is 41.5 Å². The molecule has 0 aliphatic rings.